The smallest absolute Gasteiger partial charge is 0.358 e. The van der Waals surface area contributed by atoms with E-state index in [-0.39, 0.29) is 23.2 Å². The van der Waals surface area contributed by atoms with E-state index in [2.05, 4.69) is 25.1 Å². The van der Waals surface area contributed by atoms with Gasteiger partial charge in [-0.05, 0) is 35.3 Å². The Morgan fingerprint density at radius 2 is 1.82 bits per heavy atom. The fourth-order valence-corrected chi connectivity index (χ4v) is 3.09. The second-order valence-corrected chi connectivity index (χ2v) is 7.06. The number of hydrogen-bond donors (Lipinski definition) is 2. The Labute approximate surface area is 158 Å². The normalized spacial score (nSPS) is 11.0. The molecule has 0 atom stereocenters. The summed E-state index contributed by atoms with van der Waals surface area (Å²) < 4.78 is 27.9. The molecule has 12 nitrogen and oxygen atoms in total. The molecule has 3 rings (SSSR count). The summed E-state index contributed by atoms with van der Waals surface area (Å²) >= 11 is 0. The van der Waals surface area contributed by atoms with Crippen molar-refractivity contribution >= 4 is 33.4 Å². The number of sulfonamides is 1. The third-order valence-electron chi connectivity index (χ3n) is 3.36. The second kappa shape index (κ2) is 7.79. The number of carbonyl (C=O) groups is 1. The van der Waals surface area contributed by atoms with E-state index in [0.29, 0.717) is 5.69 Å². The lowest BCUT2D eigenvalue weighted by Crippen LogP contribution is -2.19. The molecule has 0 aliphatic rings. The van der Waals surface area contributed by atoms with Gasteiger partial charge < -0.3 is 15.4 Å². The summed E-state index contributed by atoms with van der Waals surface area (Å²) in [6.07, 6.45) is 4.11. The third kappa shape index (κ3) is 4.64. The second-order valence-electron chi connectivity index (χ2n) is 5.38. The van der Waals surface area contributed by atoms with Crippen LogP contribution in [-0.2, 0) is 21.4 Å². The number of nitro groups is 1. The van der Waals surface area contributed by atoms with Gasteiger partial charge in [0, 0.05) is 18.1 Å². The predicted molar refractivity (Wildman–Crippen MR) is 96.8 cm³/mol. The Balaban J connectivity index is 1.63. The molecule has 0 spiro atoms. The Morgan fingerprint density at radius 3 is 2.43 bits per heavy atom. The van der Waals surface area contributed by atoms with Crippen LogP contribution in [0.5, 0.6) is 0 Å². The van der Waals surface area contributed by atoms with Crippen molar-refractivity contribution in [3.05, 3.63) is 65.1 Å². The number of amides is 1. The molecular formula is C15H13N7O5S. The minimum Gasteiger partial charge on any atom is -0.358 e. The Morgan fingerprint density at radius 1 is 1.14 bits per heavy atom. The number of benzene rings is 1. The van der Waals surface area contributed by atoms with Gasteiger partial charge in [-0.3, -0.25) is 4.79 Å². The molecule has 0 aliphatic carbocycles. The molecule has 0 bridgehead atoms. The largest absolute Gasteiger partial charge is 0.389 e. The van der Waals surface area contributed by atoms with Crippen LogP contribution in [0.1, 0.15) is 0 Å². The van der Waals surface area contributed by atoms with Gasteiger partial charge in [-0.25, -0.2) is 23.1 Å². The molecule has 2 heterocycles. The van der Waals surface area contributed by atoms with Crippen LogP contribution in [0.25, 0.3) is 0 Å². The molecule has 1 amide bonds. The maximum absolute atomic E-state index is 12.3. The van der Waals surface area contributed by atoms with Crippen molar-refractivity contribution in [2.24, 2.45) is 0 Å². The minimum atomic E-state index is -3.88. The predicted octanol–water partition coefficient (Wildman–Crippen LogP) is 1.02. The van der Waals surface area contributed by atoms with E-state index >= 15 is 0 Å². The van der Waals surface area contributed by atoms with Crippen molar-refractivity contribution < 1.29 is 18.1 Å². The van der Waals surface area contributed by atoms with Crippen LogP contribution in [-0.4, -0.2) is 39.0 Å². The fourth-order valence-electron chi connectivity index (χ4n) is 2.13. The van der Waals surface area contributed by atoms with E-state index in [0.717, 1.165) is 4.68 Å². The van der Waals surface area contributed by atoms with Crippen LogP contribution in [0.15, 0.2) is 59.9 Å². The van der Waals surface area contributed by atoms with Crippen LogP contribution in [0, 0.1) is 10.1 Å². The Kier molecular flexibility index (Phi) is 5.26. The van der Waals surface area contributed by atoms with E-state index in [1.807, 2.05) is 0 Å². The van der Waals surface area contributed by atoms with Crippen molar-refractivity contribution in [3.8, 4) is 0 Å². The summed E-state index contributed by atoms with van der Waals surface area (Å²) in [5.41, 5.74) is 0.349. The quantitative estimate of drug-likeness (QED) is 0.436. The average Bonchev–Trinajstić information content (AvgIpc) is 3.11. The number of aromatic nitrogens is 4. The SMILES string of the molecule is O=C(Cn1ccc([N+](=O)[O-])n1)Nc1ccc(S(=O)(=O)Nc2ncccn2)cc1. The maximum atomic E-state index is 12.3. The zero-order valence-electron chi connectivity index (χ0n) is 14.1. The Hall–Kier alpha value is -3.87. The first-order valence-corrected chi connectivity index (χ1v) is 9.19. The zero-order valence-corrected chi connectivity index (χ0v) is 14.9. The molecule has 2 N–H and O–H groups in total. The molecule has 2 aromatic heterocycles. The monoisotopic (exact) mass is 403 g/mol. The lowest BCUT2D eigenvalue weighted by Gasteiger charge is -2.08. The summed E-state index contributed by atoms with van der Waals surface area (Å²) in [4.78, 5) is 29.5. The number of hydrogen-bond acceptors (Lipinski definition) is 8. The standard InChI is InChI=1S/C15H13N7O5S/c23-14(10-21-9-6-13(19-21)22(24)25)18-11-2-4-12(5-3-11)28(26,27)20-15-16-7-1-8-17-15/h1-9H,10H2,(H,18,23)(H,16,17,20). The first-order chi connectivity index (χ1) is 13.3. The summed E-state index contributed by atoms with van der Waals surface area (Å²) in [7, 11) is -3.88. The summed E-state index contributed by atoms with van der Waals surface area (Å²) in [6.45, 7) is -0.235. The van der Waals surface area contributed by atoms with Crippen LogP contribution in [0.4, 0.5) is 17.5 Å². The summed E-state index contributed by atoms with van der Waals surface area (Å²) in [5, 5.41) is 16.8. The molecule has 144 valence electrons. The molecule has 28 heavy (non-hydrogen) atoms. The highest BCUT2D eigenvalue weighted by Gasteiger charge is 2.16. The summed E-state index contributed by atoms with van der Waals surface area (Å²) in [6, 6.07) is 8.15. The van der Waals surface area contributed by atoms with E-state index in [1.54, 1.807) is 6.07 Å². The average molecular weight is 403 g/mol. The van der Waals surface area contributed by atoms with Gasteiger partial charge in [-0.2, -0.15) is 4.68 Å². The first kappa shape index (κ1) is 18.9. The molecule has 0 fully saturated rings. The van der Waals surface area contributed by atoms with Gasteiger partial charge in [-0.1, -0.05) is 0 Å². The van der Waals surface area contributed by atoms with Crippen LogP contribution in [0.2, 0.25) is 0 Å². The van der Waals surface area contributed by atoms with Gasteiger partial charge in [0.15, 0.2) is 0 Å². The maximum Gasteiger partial charge on any atom is 0.389 e. The molecule has 0 unspecified atom stereocenters. The van der Waals surface area contributed by atoms with E-state index in [4.69, 9.17) is 0 Å². The number of anilines is 2. The molecule has 0 saturated carbocycles. The molecule has 0 radical (unpaired) electrons. The highest BCUT2D eigenvalue weighted by atomic mass is 32.2. The zero-order chi connectivity index (χ0) is 20.1. The van der Waals surface area contributed by atoms with E-state index in [1.165, 1.54) is 48.9 Å². The van der Waals surface area contributed by atoms with Gasteiger partial charge in [-0.15, -0.1) is 0 Å². The molecule has 0 saturated heterocycles. The minimum absolute atomic E-state index is 0.0411. The van der Waals surface area contributed by atoms with Crippen LogP contribution >= 0.6 is 0 Å². The van der Waals surface area contributed by atoms with Gasteiger partial charge in [0.2, 0.25) is 11.9 Å². The van der Waals surface area contributed by atoms with Crippen molar-refractivity contribution in [1.29, 1.82) is 0 Å². The van der Waals surface area contributed by atoms with Gasteiger partial charge >= 0.3 is 5.82 Å². The first-order valence-electron chi connectivity index (χ1n) is 7.71. The van der Waals surface area contributed by atoms with Crippen LogP contribution in [0.3, 0.4) is 0 Å². The Bertz CT molecular complexity index is 1100. The lowest BCUT2D eigenvalue weighted by atomic mass is 10.3. The number of carbonyl (C=O) groups excluding carboxylic acids is 1. The molecular weight excluding hydrogens is 390 g/mol. The highest BCUT2D eigenvalue weighted by molar-refractivity contribution is 7.92. The number of nitrogens with one attached hydrogen (secondary N) is 2. The third-order valence-corrected chi connectivity index (χ3v) is 4.70. The van der Waals surface area contributed by atoms with E-state index < -0.39 is 20.9 Å². The summed E-state index contributed by atoms with van der Waals surface area (Å²) in [5.74, 6) is -0.908. The van der Waals surface area contributed by atoms with Crippen LogP contribution < -0.4 is 10.0 Å². The van der Waals surface area contributed by atoms with Crippen molar-refractivity contribution in [2.75, 3.05) is 10.0 Å². The highest BCUT2D eigenvalue weighted by Crippen LogP contribution is 2.16. The van der Waals surface area contributed by atoms with Gasteiger partial charge in [0.25, 0.3) is 10.0 Å². The topological polar surface area (TPSA) is 162 Å². The number of nitrogens with zero attached hydrogens (tertiary/aromatic N) is 5. The van der Waals surface area contributed by atoms with Crippen molar-refractivity contribution in [1.82, 2.24) is 19.7 Å². The van der Waals surface area contributed by atoms with Crippen molar-refractivity contribution in [2.45, 2.75) is 11.4 Å². The molecule has 13 heteroatoms. The van der Waals surface area contributed by atoms with Crippen molar-refractivity contribution in [3.63, 3.8) is 0 Å². The van der Waals surface area contributed by atoms with Gasteiger partial charge in [0.05, 0.1) is 22.3 Å². The fraction of sp³-hybridized carbons (Fsp3) is 0.0667. The van der Waals surface area contributed by atoms with Gasteiger partial charge in [0.1, 0.15) is 6.54 Å². The lowest BCUT2D eigenvalue weighted by molar-refractivity contribution is -0.389. The molecule has 3 aromatic rings. The molecule has 1 aromatic carbocycles. The number of rotatable bonds is 7. The van der Waals surface area contributed by atoms with E-state index in [9.17, 15) is 23.3 Å². The molecule has 0 aliphatic heterocycles.